The average molecular weight is 366 g/mol. The first kappa shape index (κ1) is 16.9. The zero-order valence-electron chi connectivity index (χ0n) is 14.4. The van der Waals surface area contributed by atoms with Crippen molar-refractivity contribution in [2.75, 3.05) is 18.4 Å². The summed E-state index contributed by atoms with van der Waals surface area (Å²) in [6.07, 6.45) is 3.32. The zero-order valence-corrected chi connectivity index (χ0v) is 15.2. The van der Waals surface area contributed by atoms with Gasteiger partial charge in [0.15, 0.2) is 0 Å². The fourth-order valence-electron chi connectivity index (χ4n) is 3.34. The number of carbonyl (C=O) groups excluding carboxylic acids is 1. The van der Waals surface area contributed by atoms with Crippen LogP contribution in [0, 0.1) is 0 Å². The molecule has 1 N–H and O–H groups in total. The van der Waals surface area contributed by atoms with Crippen LogP contribution in [-0.2, 0) is 0 Å². The third-order valence-electron chi connectivity index (χ3n) is 4.70. The highest BCUT2D eigenvalue weighted by Gasteiger charge is 2.20. The van der Waals surface area contributed by atoms with Crippen LogP contribution >= 0.6 is 11.6 Å². The smallest absolute Gasteiger partial charge is 0.272 e. The van der Waals surface area contributed by atoms with Crippen LogP contribution < -0.4 is 5.32 Å². The third-order valence-corrected chi connectivity index (χ3v) is 4.95. The van der Waals surface area contributed by atoms with Gasteiger partial charge in [-0.15, -0.1) is 0 Å². The number of pyridine rings is 1. The number of carbonyl (C=O) groups is 1. The summed E-state index contributed by atoms with van der Waals surface area (Å²) in [7, 11) is 0. The van der Waals surface area contributed by atoms with E-state index in [0.29, 0.717) is 10.7 Å². The Kier molecular flexibility index (Phi) is 4.76. The molecule has 1 aliphatic heterocycles. The van der Waals surface area contributed by atoms with Crippen molar-refractivity contribution in [2.45, 2.75) is 19.3 Å². The average Bonchev–Trinajstić information content (AvgIpc) is 2.69. The number of nitrogens with one attached hydrogen (secondary N) is 1. The lowest BCUT2D eigenvalue weighted by atomic mass is 10.1. The van der Waals surface area contributed by atoms with E-state index in [1.165, 1.54) is 6.42 Å². The van der Waals surface area contributed by atoms with Crippen LogP contribution in [0.3, 0.4) is 0 Å². The number of likely N-dealkylation sites (tertiary alicyclic amines) is 1. The van der Waals surface area contributed by atoms with Crippen molar-refractivity contribution in [1.82, 2.24) is 9.88 Å². The third kappa shape index (κ3) is 3.51. The molecule has 0 radical (unpaired) electrons. The summed E-state index contributed by atoms with van der Waals surface area (Å²) >= 11 is 5.97. The van der Waals surface area contributed by atoms with Gasteiger partial charge in [-0.3, -0.25) is 4.79 Å². The molecule has 26 heavy (non-hydrogen) atoms. The number of halogens is 1. The number of anilines is 2. The first-order valence-corrected chi connectivity index (χ1v) is 9.30. The van der Waals surface area contributed by atoms with Gasteiger partial charge in [0.1, 0.15) is 5.69 Å². The number of amides is 1. The number of benzene rings is 2. The SMILES string of the molecule is O=C(c1cc(Nc2ccc(Cl)cc2)c2ccccc2n1)N1CCCCC1. The predicted molar refractivity (Wildman–Crippen MR) is 106 cm³/mol. The van der Waals surface area contributed by atoms with Crippen molar-refractivity contribution in [1.29, 1.82) is 0 Å². The van der Waals surface area contributed by atoms with Gasteiger partial charge < -0.3 is 10.2 Å². The minimum Gasteiger partial charge on any atom is -0.355 e. The van der Waals surface area contributed by atoms with Gasteiger partial charge in [0.2, 0.25) is 0 Å². The largest absolute Gasteiger partial charge is 0.355 e. The normalized spacial score (nSPS) is 14.4. The molecule has 0 aliphatic carbocycles. The van der Waals surface area contributed by atoms with E-state index in [0.717, 1.165) is 48.2 Å². The maximum Gasteiger partial charge on any atom is 0.272 e. The van der Waals surface area contributed by atoms with Crippen molar-refractivity contribution in [3.8, 4) is 0 Å². The number of piperidine rings is 1. The Balaban J connectivity index is 1.73. The fraction of sp³-hybridized carbons (Fsp3) is 0.238. The van der Waals surface area contributed by atoms with Gasteiger partial charge in [0.25, 0.3) is 5.91 Å². The molecule has 1 aliphatic rings. The van der Waals surface area contributed by atoms with Gasteiger partial charge in [-0.2, -0.15) is 0 Å². The van der Waals surface area contributed by atoms with E-state index in [9.17, 15) is 4.79 Å². The minimum atomic E-state index is 0.00890. The predicted octanol–water partition coefficient (Wildman–Crippen LogP) is 5.26. The molecule has 2 aromatic carbocycles. The zero-order chi connectivity index (χ0) is 17.9. The Morgan fingerprint density at radius 1 is 1.00 bits per heavy atom. The molecule has 1 amide bonds. The van der Waals surface area contributed by atoms with Crippen molar-refractivity contribution in [3.63, 3.8) is 0 Å². The Bertz CT molecular complexity index is 934. The molecule has 1 saturated heterocycles. The van der Waals surface area contributed by atoms with Gasteiger partial charge >= 0.3 is 0 Å². The molecule has 0 unspecified atom stereocenters. The lowest BCUT2D eigenvalue weighted by Gasteiger charge is -2.26. The van der Waals surface area contributed by atoms with Gasteiger partial charge in [-0.05, 0) is 55.7 Å². The van der Waals surface area contributed by atoms with Crippen LogP contribution in [-0.4, -0.2) is 28.9 Å². The van der Waals surface area contributed by atoms with E-state index in [4.69, 9.17) is 11.6 Å². The first-order chi connectivity index (χ1) is 12.7. The highest BCUT2D eigenvalue weighted by atomic mass is 35.5. The number of hydrogen-bond donors (Lipinski definition) is 1. The van der Waals surface area contributed by atoms with Crippen LogP contribution in [0.25, 0.3) is 10.9 Å². The van der Waals surface area contributed by atoms with E-state index in [1.807, 2.05) is 59.5 Å². The molecule has 3 aromatic rings. The molecular weight excluding hydrogens is 346 g/mol. The highest BCUT2D eigenvalue weighted by molar-refractivity contribution is 6.30. The number of nitrogens with zero attached hydrogens (tertiary/aromatic N) is 2. The number of para-hydroxylation sites is 1. The van der Waals surface area contributed by atoms with E-state index in [2.05, 4.69) is 10.3 Å². The molecule has 0 spiro atoms. The van der Waals surface area contributed by atoms with Crippen molar-refractivity contribution in [3.05, 3.63) is 65.3 Å². The summed E-state index contributed by atoms with van der Waals surface area (Å²) in [5.74, 6) is 0.00890. The molecule has 132 valence electrons. The van der Waals surface area contributed by atoms with E-state index in [-0.39, 0.29) is 5.91 Å². The van der Waals surface area contributed by atoms with Gasteiger partial charge in [0, 0.05) is 29.2 Å². The van der Waals surface area contributed by atoms with Crippen LogP contribution in [0.1, 0.15) is 29.8 Å². The Labute approximate surface area is 157 Å². The second kappa shape index (κ2) is 7.34. The molecule has 4 rings (SSSR count). The van der Waals surface area contributed by atoms with Crippen molar-refractivity contribution >= 4 is 39.8 Å². The van der Waals surface area contributed by atoms with E-state index >= 15 is 0 Å². The first-order valence-electron chi connectivity index (χ1n) is 8.92. The molecule has 0 atom stereocenters. The second-order valence-electron chi connectivity index (χ2n) is 6.56. The van der Waals surface area contributed by atoms with Crippen molar-refractivity contribution < 1.29 is 4.79 Å². The summed E-state index contributed by atoms with van der Waals surface area (Å²) in [4.78, 5) is 19.4. The molecule has 0 bridgehead atoms. The van der Waals surface area contributed by atoms with Gasteiger partial charge in [-0.25, -0.2) is 4.98 Å². The number of hydrogen-bond acceptors (Lipinski definition) is 3. The summed E-state index contributed by atoms with van der Waals surface area (Å²) in [6.45, 7) is 1.63. The monoisotopic (exact) mass is 365 g/mol. The molecule has 1 fully saturated rings. The standard InChI is InChI=1S/C21H20ClN3O/c22-15-8-10-16(11-9-15)23-19-14-20(21(26)25-12-4-1-5-13-25)24-18-7-3-2-6-17(18)19/h2-3,6-11,14H,1,4-5,12-13H2,(H,23,24). The maximum atomic E-state index is 12.9. The Hall–Kier alpha value is -2.59. The molecule has 4 nitrogen and oxygen atoms in total. The molecule has 1 aromatic heterocycles. The quantitative estimate of drug-likeness (QED) is 0.688. The lowest BCUT2D eigenvalue weighted by molar-refractivity contribution is 0.0719. The number of aromatic nitrogens is 1. The molecule has 0 saturated carbocycles. The summed E-state index contributed by atoms with van der Waals surface area (Å²) < 4.78 is 0. The van der Waals surface area contributed by atoms with Crippen molar-refractivity contribution in [2.24, 2.45) is 0 Å². The second-order valence-corrected chi connectivity index (χ2v) is 6.99. The van der Waals surface area contributed by atoms with E-state index in [1.54, 1.807) is 0 Å². The Morgan fingerprint density at radius 2 is 1.73 bits per heavy atom. The lowest BCUT2D eigenvalue weighted by Crippen LogP contribution is -2.36. The molecular formula is C21H20ClN3O. The minimum absolute atomic E-state index is 0.00890. The molecule has 2 heterocycles. The van der Waals surface area contributed by atoms with Gasteiger partial charge in [-0.1, -0.05) is 29.8 Å². The van der Waals surface area contributed by atoms with E-state index < -0.39 is 0 Å². The Morgan fingerprint density at radius 3 is 2.50 bits per heavy atom. The highest BCUT2D eigenvalue weighted by Crippen LogP contribution is 2.28. The summed E-state index contributed by atoms with van der Waals surface area (Å²) in [6, 6.07) is 17.2. The molecule has 5 heteroatoms. The topological polar surface area (TPSA) is 45.2 Å². The number of fused-ring (bicyclic) bond motifs is 1. The van der Waals surface area contributed by atoms with Crippen LogP contribution in [0.15, 0.2) is 54.6 Å². The maximum absolute atomic E-state index is 12.9. The summed E-state index contributed by atoms with van der Waals surface area (Å²) in [5, 5.41) is 5.08. The fourth-order valence-corrected chi connectivity index (χ4v) is 3.46. The van der Waals surface area contributed by atoms with Crippen LogP contribution in [0.5, 0.6) is 0 Å². The number of rotatable bonds is 3. The summed E-state index contributed by atoms with van der Waals surface area (Å²) in [5.41, 5.74) is 3.09. The van der Waals surface area contributed by atoms with Gasteiger partial charge in [0.05, 0.1) is 11.2 Å². The van der Waals surface area contributed by atoms with Crippen LogP contribution in [0.2, 0.25) is 5.02 Å². The van der Waals surface area contributed by atoms with Crippen LogP contribution in [0.4, 0.5) is 11.4 Å².